The fraction of sp³-hybridized carbons (Fsp3) is 0.429. The Morgan fingerprint density at radius 3 is 2.90 bits per heavy atom. The van der Waals surface area contributed by atoms with Gasteiger partial charge in [-0.15, -0.1) is 0 Å². The van der Waals surface area contributed by atoms with E-state index in [0.29, 0.717) is 25.6 Å². The van der Waals surface area contributed by atoms with Crippen LogP contribution in [0.1, 0.15) is 24.8 Å². The van der Waals surface area contributed by atoms with E-state index in [9.17, 15) is 9.18 Å². The highest BCUT2D eigenvalue weighted by Crippen LogP contribution is 2.32. The Morgan fingerprint density at radius 1 is 1.17 bits per heavy atom. The van der Waals surface area contributed by atoms with Gasteiger partial charge in [0, 0.05) is 37.9 Å². The van der Waals surface area contributed by atoms with Crippen LogP contribution in [0, 0.1) is 11.7 Å². The maximum absolute atomic E-state index is 13.1. The van der Waals surface area contributed by atoms with Gasteiger partial charge in [0.2, 0.25) is 11.9 Å². The minimum atomic E-state index is -0.435. The molecule has 8 heteroatoms. The van der Waals surface area contributed by atoms with E-state index in [4.69, 9.17) is 0 Å². The number of aryl methyl sites for hydroxylation is 1. The van der Waals surface area contributed by atoms with Gasteiger partial charge in [-0.3, -0.25) is 4.79 Å². The lowest BCUT2D eigenvalue weighted by Crippen LogP contribution is -2.52. The second-order valence-electron chi connectivity index (χ2n) is 7.85. The molecule has 0 saturated carbocycles. The number of amides is 1. The molecule has 1 amide bonds. The van der Waals surface area contributed by atoms with Gasteiger partial charge < -0.3 is 9.80 Å². The van der Waals surface area contributed by atoms with Crippen LogP contribution in [0.5, 0.6) is 0 Å². The first-order valence-electron chi connectivity index (χ1n) is 10.1. The molecule has 0 unspecified atom stereocenters. The van der Waals surface area contributed by atoms with Crippen molar-refractivity contribution in [3.05, 3.63) is 54.4 Å². The minimum absolute atomic E-state index is 0.0822. The van der Waals surface area contributed by atoms with Gasteiger partial charge in [-0.05, 0) is 43.4 Å². The number of pyridine rings is 1. The first kappa shape index (κ1) is 18.0. The number of piperazine rings is 1. The summed E-state index contributed by atoms with van der Waals surface area (Å²) in [6.45, 7) is 2.07. The van der Waals surface area contributed by atoms with Crippen molar-refractivity contribution >= 4 is 17.4 Å². The lowest BCUT2D eigenvalue weighted by Gasteiger charge is -2.37. The van der Waals surface area contributed by atoms with Crippen LogP contribution in [0.25, 0.3) is 5.52 Å². The number of hydrogen-bond acceptors (Lipinski definition) is 5. The molecule has 5 heterocycles. The van der Waals surface area contributed by atoms with Crippen LogP contribution in [0.15, 0.2) is 43.0 Å². The van der Waals surface area contributed by atoms with Crippen molar-refractivity contribution in [3.8, 4) is 0 Å². The monoisotopic (exact) mass is 394 g/mol. The highest BCUT2D eigenvalue weighted by molar-refractivity contribution is 5.82. The number of anilines is 1. The lowest BCUT2D eigenvalue weighted by atomic mass is 9.96. The van der Waals surface area contributed by atoms with E-state index in [0.717, 1.165) is 31.2 Å². The summed E-state index contributed by atoms with van der Waals surface area (Å²) in [6.07, 6.45) is 9.84. The van der Waals surface area contributed by atoms with Crippen LogP contribution in [-0.2, 0) is 11.2 Å². The number of fused-ring (bicyclic) bond motifs is 2. The van der Waals surface area contributed by atoms with Gasteiger partial charge in [-0.25, -0.2) is 18.9 Å². The fourth-order valence-corrected chi connectivity index (χ4v) is 4.67. The van der Waals surface area contributed by atoms with Crippen molar-refractivity contribution in [2.45, 2.75) is 31.7 Å². The normalized spacial score (nSPS) is 21.8. The van der Waals surface area contributed by atoms with Crippen molar-refractivity contribution in [3.63, 3.8) is 0 Å². The van der Waals surface area contributed by atoms with Crippen LogP contribution in [0.3, 0.4) is 0 Å². The first-order chi connectivity index (χ1) is 14.2. The molecule has 150 valence electrons. The molecule has 5 rings (SSSR count). The maximum Gasteiger partial charge on any atom is 0.226 e. The predicted octanol–water partition coefficient (Wildman–Crippen LogP) is 2.32. The molecule has 2 aliphatic heterocycles. The first-order valence-corrected chi connectivity index (χ1v) is 10.1. The topological polar surface area (TPSA) is 66.6 Å². The van der Waals surface area contributed by atoms with E-state index < -0.39 is 5.82 Å². The van der Waals surface area contributed by atoms with Gasteiger partial charge >= 0.3 is 0 Å². The number of halogens is 1. The molecule has 0 aromatic carbocycles. The van der Waals surface area contributed by atoms with Crippen LogP contribution < -0.4 is 4.90 Å². The smallest absolute Gasteiger partial charge is 0.226 e. The summed E-state index contributed by atoms with van der Waals surface area (Å²) >= 11 is 0. The summed E-state index contributed by atoms with van der Waals surface area (Å²) in [5.74, 6) is 0.460. The van der Waals surface area contributed by atoms with E-state index >= 15 is 0 Å². The molecule has 3 aromatic rings. The molecule has 2 saturated heterocycles. The van der Waals surface area contributed by atoms with Crippen molar-refractivity contribution in [1.82, 2.24) is 24.5 Å². The SMILES string of the molecule is O=C1[C@@H](CCCc2cccn3nccc23)C[C@H]2CN(c3ncc(F)cn3)CCN12. The third-order valence-electron chi connectivity index (χ3n) is 6.08. The minimum Gasteiger partial charge on any atom is -0.337 e. The van der Waals surface area contributed by atoms with E-state index in [1.165, 1.54) is 18.0 Å². The number of aromatic nitrogens is 4. The molecule has 0 radical (unpaired) electrons. The average molecular weight is 394 g/mol. The summed E-state index contributed by atoms with van der Waals surface area (Å²) in [6, 6.07) is 6.37. The number of carbonyl (C=O) groups is 1. The Balaban J connectivity index is 1.19. The number of nitrogens with zero attached hydrogens (tertiary/aromatic N) is 6. The number of carbonyl (C=O) groups excluding carboxylic acids is 1. The van der Waals surface area contributed by atoms with Gasteiger partial charge in [0.15, 0.2) is 5.82 Å². The molecule has 2 atom stereocenters. The van der Waals surface area contributed by atoms with Gasteiger partial charge in [0.25, 0.3) is 0 Å². The van der Waals surface area contributed by atoms with Crippen LogP contribution in [0.2, 0.25) is 0 Å². The van der Waals surface area contributed by atoms with Crippen LogP contribution in [0.4, 0.5) is 10.3 Å². The third-order valence-corrected chi connectivity index (χ3v) is 6.08. The molecule has 2 aliphatic rings. The van der Waals surface area contributed by atoms with Gasteiger partial charge in [0.1, 0.15) is 0 Å². The molecular weight excluding hydrogens is 371 g/mol. The summed E-state index contributed by atoms with van der Waals surface area (Å²) < 4.78 is 15.0. The Morgan fingerprint density at radius 2 is 2.03 bits per heavy atom. The van der Waals surface area contributed by atoms with Crippen molar-refractivity contribution in [2.24, 2.45) is 5.92 Å². The van der Waals surface area contributed by atoms with Crippen LogP contribution >= 0.6 is 0 Å². The second-order valence-corrected chi connectivity index (χ2v) is 7.85. The average Bonchev–Trinajstić information content (AvgIpc) is 3.34. The zero-order chi connectivity index (χ0) is 19.8. The maximum atomic E-state index is 13.1. The molecule has 0 spiro atoms. The highest BCUT2D eigenvalue weighted by atomic mass is 19.1. The Hall–Kier alpha value is -3.03. The van der Waals surface area contributed by atoms with E-state index in [-0.39, 0.29) is 17.9 Å². The molecule has 0 bridgehead atoms. The molecule has 7 nitrogen and oxygen atoms in total. The fourth-order valence-electron chi connectivity index (χ4n) is 4.67. The summed E-state index contributed by atoms with van der Waals surface area (Å²) in [7, 11) is 0. The van der Waals surface area contributed by atoms with Gasteiger partial charge in [-0.2, -0.15) is 5.10 Å². The quantitative estimate of drug-likeness (QED) is 0.665. The van der Waals surface area contributed by atoms with Crippen molar-refractivity contribution in [2.75, 3.05) is 24.5 Å². The standard InChI is InChI=1S/C21H23FN6O/c22-17-12-23-21(24-13-17)26-9-10-27-18(14-26)11-16(20(27)29)4-1-3-15-5-2-8-28-19(15)6-7-25-28/h2,5-8,12-13,16,18H,1,3-4,9-11,14H2/t16-,18-/m0/s1. The lowest BCUT2D eigenvalue weighted by molar-refractivity contribution is -0.132. The van der Waals surface area contributed by atoms with Gasteiger partial charge in [-0.1, -0.05) is 6.07 Å². The van der Waals surface area contributed by atoms with Crippen molar-refractivity contribution < 1.29 is 9.18 Å². The number of hydrogen-bond donors (Lipinski definition) is 0. The molecule has 0 N–H and O–H groups in total. The van der Waals surface area contributed by atoms with Crippen molar-refractivity contribution in [1.29, 1.82) is 0 Å². The van der Waals surface area contributed by atoms with Gasteiger partial charge in [0.05, 0.1) is 24.0 Å². The summed E-state index contributed by atoms with van der Waals surface area (Å²) in [4.78, 5) is 25.1. The zero-order valence-corrected chi connectivity index (χ0v) is 16.1. The molecule has 3 aromatic heterocycles. The molecule has 2 fully saturated rings. The van der Waals surface area contributed by atoms with E-state index in [1.807, 2.05) is 33.9 Å². The Kier molecular flexibility index (Phi) is 4.61. The summed E-state index contributed by atoms with van der Waals surface area (Å²) in [5, 5.41) is 4.28. The molecule has 0 aliphatic carbocycles. The highest BCUT2D eigenvalue weighted by Gasteiger charge is 2.42. The third kappa shape index (κ3) is 3.43. The molecular formula is C21H23FN6O. The zero-order valence-electron chi connectivity index (χ0n) is 16.1. The second kappa shape index (κ2) is 7.42. The van der Waals surface area contributed by atoms with E-state index in [2.05, 4.69) is 26.0 Å². The largest absolute Gasteiger partial charge is 0.337 e. The number of rotatable bonds is 5. The Labute approximate surface area is 168 Å². The van der Waals surface area contributed by atoms with E-state index in [1.54, 1.807) is 0 Å². The summed E-state index contributed by atoms with van der Waals surface area (Å²) in [5.41, 5.74) is 2.41. The predicted molar refractivity (Wildman–Crippen MR) is 106 cm³/mol. The molecule has 29 heavy (non-hydrogen) atoms. The Bertz CT molecular complexity index is 1020. The van der Waals surface area contributed by atoms with Crippen LogP contribution in [-0.4, -0.2) is 56.1 Å².